The Morgan fingerprint density at radius 3 is 2.78 bits per heavy atom. The van der Waals surface area contributed by atoms with Crippen LogP contribution in [0.25, 0.3) is 6.08 Å². The predicted octanol–water partition coefficient (Wildman–Crippen LogP) is 2.54. The zero-order valence-electron chi connectivity index (χ0n) is 11.1. The maximum absolute atomic E-state index is 5.33. The van der Waals surface area contributed by atoms with Crippen LogP contribution in [0.15, 0.2) is 18.3 Å². The van der Waals surface area contributed by atoms with Crippen LogP contribution < -0.4 is 4.74 Å². The number of ether oxygens (including phenoxy) is 1. The highest BCUT2D eigenvalue weighted by atomic mass is 16.5. The smallest absolute Gasteiger partial charge is 0.220 e. The minimum Gasteiger partial charge on any atom is -0.481 e. The maximum Gasteiger partial charge on any atom is 0.220 e. The summed E-state index contributed by atoms with van der Waals surface area (Å²) in [5, 5.41) is 0. The van der Waals surface area contributed by atoms with Crippen molar-refractivity contribution >= 4 is 6.08 Å². The number of rotatable bonds is 4. The Labute approximate surface area is 108 Å². The van der Waals surface area contributed by atoms with Crippen molar-refractivity contribution < 1.29 is 4.74 Å². The Bertz CT molecular complexity index is 460. The fourth-order valence-electron chi connectivity index (χ4n) is 2.52. The van der Waals surface area contributed by atoms with Gasteiger partial charge in [0.2, 0.25) is 5.88 Å². The molecule has 0 bridgehead atoms. The van der Waals surface area contributed by atoms with E-state index in [9.17, 15) is 0 Å². The maximum atomic E-state index is 5.33. The zero-order chi connectivity index (χ0) is 12.5. The summed E-state index contributed by atoms with van der Waals surface area (Å²) in [6, 6.07) is 2.24. The van der Waals surface area contributed by atoms with Crippen molar-refractivity contribution in [3.05, 3.63) is 29.5 Å². The Balaban J connectivity index is 1.77. The summed E-state index contributed by atoms with van der Waals surface area (Å²) >= 11 is 0. The molecular weight excluding hydrogens is 224 g/mol. The first kappa shape index (κ1) is 11.7. The minimum atomic E-state index is 0.685. The lowest BCUT2D eigenvalue weighted by molar-refractivity contribution is 0.170. The van der Waals surface area contributed by atoms with Crippen molar-refractivity contribution in [1.29, 1.82) is 0 Å². The van der Waals surface area contributed by atoms with E-state index in [2.05, 4.69) is 35.1 Å². The van der Waals surface area contributed by atoms with Crippen LogP contribution in [0, 0.1) is 5.92 Å². The lowest BCUT2D eigenvalue weighted by Crippen LogP contribution is -2.42. The molecule has 0 spiro atoms. The van der Waals surface area contributed by atoms with Gasteiger partial charge in [-0.15, -0.1) is 0 Å². The van der Waals surface area contributed by atoms with Gasteiger partial charge in [-0.1, -0.05) is 12.2 Å². The summed E-state index contributed by atoms with van der Waals surface area (Å²) in [4.78, 5) is 6.74. The molecule has 1 aromatic heterocycles. The first-order valence-corrected chi connectivity index (χ1v) is 6.67. The van der Waals surface area contributed by atoms with Crippen LogP contribution in [-0.2, 0) is 0 Å². The van der Waals surface area contributed by atoms with Gasteiger partial charge in [0.1, 0.15) is 0 Å². The second kappa shape index (κ2) is 4.73. The predicted molar refractivity (Wildman–Crippen MR) is 72.8 cm³/mol. The van der Waals surface area contributed by atoms with E-state index in [-0.39, 0.29) is 0 Å². The van der Waals surface area contributed by atoms with Crippen molar-refractivity contribution in [2.45, 2.75) is 18.8 Å². The van der Waals surface area contributed by atoms with Gasteiger partial charge in [0, 0.05) is 30.8 Å². The van der Waals surface area contributed by atoms with E-state index in [0.29, 0.717) is 5.92 Å². The van der Waals surface area contributed by atoms with Crippen molar-refractivity contribution in [2.24, 2.45) is 5.92 Å². The number of methoxy groups -OCH3 is 1. The van der Waals surface area contributed by atoms with Crippen LogP contribution in [-0.4, -0.2) is 37.1 Å². The molecule has 1 saturated heterocycles. The quantitative estimate of drug-likeness (QED) is 0.814. The number of hydrogen-bond acceptors (Lipinski definition) is 3. The lowest BCUT2D eigenvalue weighted by Gasteiger charge is -2.34. The largest absolute Gasteiger partial charge is 0.481 e. The second-order valence-corrected chi connectivity index (χ2v) is 5.48. The van der Waals surface area contributed by atoms with Gasteiger partial charge in [-0.3, -0.25) is 0 Å². The third-order valence-corrected chi connectivity index (χ3v) is 3.78. The van der Waals surface area contributed by atoms with E-state index in [1.54, 1.807) is 7.11 Å². The highest BCUT2D eigenvalue weighted by molar-refractivity contribution is 5.56. The van der Waals surface area contributed by atoms with Gasteiger partial charge in [0.05, 0.1) is 7.11 Å². The number of nitrogens with zero attached hydrogens (tertiary/aromatic N) is 2. The third kappa shape index (κ3) is 2.41. The summed E-state index contributed by atoms with van der Waals surface area (Å²) in [7, 11) is 3.84. The van der Waals surface area contributed by atoms with E-state index >= 15 is 0 Å². The molecule has 0 atom stereocenters. The third-order valence-electron chi connectivity index (χ3n) is 3.78. The molecule has 0 unspecified atom stereocenters. The molecule has 0 aromatic carbocycles. The van der Waals surface area contributed by atoms with E-state index in [4.69, 9.17) is 4.74 Å². The first-order valence-electron chi connectivity index (χ1n) is 6.67. The minimum absolute atomic E-state index is 0.685. The Morgan fingerprint density at radius 1 is 1.39 bits per heavy atom. The highest BCUT2D eigenvalue weighted by Crippen LogP contribution is 2.40. The first-order chi connectivity index (χ1) is 8.76. The standard InChI is InChI=1S/C15H20N2O/c1-17-9-11(10-17)3-4-13-7-14(12-5-6-12)8-16-15(13)18-2/h3-4,7-8,11-12H,5-6,9-10H2,1-2H3/b4-3+. The van der Waals surface area contributed by atoms with Crippen molar-refractivity contribution in [3.63, 3.8) is 0 Å². The molecule has 1 saturated carbocycles. The number of aromatic nitrogens is 1. The highest BCUT2D eigenvalue weighted by Gasteiger charge is 2.25. The van der Waals surface area contributed by atoms with Gasteiger partial charge in [-0.05, 0) is 37.4 Å². The SMILES string of the molecule is COc1ncc(C2CC2)cc1/C=C/C1CN(C)C1. The number of pyridine rings is 1. The Kier molecular flexibility index (Phi) is 3.08. The van der Waals surface area contributed by atoms with Crippen LogP contribution in [0.3, 0.4) is 0 Å². The molecule has 0 N–H and O–H groups in total. The van der Waals surface area contributed by atoms with Crippen LogP contribution in [0.2, 0.25) is 0 Å². The normalized spacial score (nSPS) is 21.2. The number of likely N-dealkylation sites (tertiary alicyclic amines) is 1. The van der Waals surface area contributed by atoms with E-state index in [0.717, 1.165) is 30.5 Å². The molecule has 0 amide bonds. The summed E-state index contributed by atoms with van der Waals surface area (Å²) < 4.78 is 5.33. The Morgan fingerprint density at radius 2 is 2.17 bits per heavy atom. The fourth-order valence-corrected chi connectivity index (χ4v) is 2.52. The topological polar surface area (TPSA) is 25.4 Å². The van der Waals surface area contributed by atoms with E-state index in [1.165, 1.54) is 18.4 Å². The molecule has 2 fully saturated rings. The van der Waals surface area contributed by atoms with Gasteiger partial charge in [-0.25, -0.2) is 4.98 Å². The molecule has 3 rings (SSSR count). The van der Waals surface area contributed by atoms with Crippen molar-refractivity contribution in [2.75, 3.05) is 27.2 Å². The van der Waals surface area contributed by atoms with Crippen LogP contribution in [0.4, 0.5) is 0 Å². The van der Waals surface area contributed by atoms with Crippen molar-refractivity contribution in [1.82, 2.24) is 9.88 Å². The fraction of sp³-hybridized carbons (Fsp3) is 0.533. The molecular formula is C15H20N2O. The molecule has 96 valence electrons. The average molecular weight is 244 g/mol. The molecule has 1 aliphatic heterocycles. The van der Waals surface area contributed by atoms with E-state index in [1.807, 2.05) is 6.20 Å². The van der Waals surface area contributed by atoms with Gasteiger partial charge >= 0.3 is 0 Å². The second-order valence-electron chi connectivity index (χ2n) is 5.48. The van der Waals surface area contributed by atoms with Crippen LogP contribution >= 0.6 is 0 Å². The van der Waals surface area contributed by atoms with Crippen LogP contribution in [0.5, 0.6) is 5.88 Å². The van der Waals surface area contributed by atoms with Gasteiger partial charge in [0.25, 0.3) is 0 Å². The molecule has 0 radical (unpaired) electrons. The molecule has 2 heterocycles. The molecule has 1 aliphatic carbocycles. The molecule has 2 aliphatic rings. The van der Waals surface area contributed by atoms with Gasteiger partial charge in [0.15, 0.2) is 0 Å². The van der Waals surface area contributed by atoms with Gasteiger partial charge in [-0.2, -0.15) is 0 Å². The number of hydrogen-bond donors (Lipinski definition) is 0. The van der Waals surface area contributed by atoms with Gasteiger partial charge < -0.3 is 9.64 Å². The molecule has 18 heavy (non-hydrogen) atoms. The molecule has 3 nitrogen and oxygen atoms in total. The molecule has 1 aromatic rings. The lowest BCUT2D eigenvalue weighted by atomic mass is 9.99. The summed E-state index contributed by atoms with van der Waals surface area (Å²) in [6.07, 6.45) is 9.05. The summed E-state index contributed by atoms with van der Waals surface area (Å²) in [5.41, 5.74) is 2.48. The summed E-state index contributed by atoms with van der Waals surface area (Å²) in [5.74, 6) is 2.16. The van der Waals surface area contributed by atoms with Crippen LogP contribution in [0.1, 0.15) is 29.9 Å². The zero-order valence-corrected chi connectivity index (χ0v) is 11.1. The monoisotopic (exact) mass is 244 g/mol. The molecule has 3 heteroatoms. The van der Waals surface area contributed by atoms with Crippen molar-refractivity contribution in [3.8, 4) is 5.88 Å². The van der Waals surface area contributed by atoms with E-state index < -0.39 is 0 Å². The Hall–Kier alpha value is -1.35. The summed E-state index contributed by atoms with van der Waals surface area (Å²) in [6.45, 7) is 2.32. The average Bonchev–Trinajstić information content (AvgIpc) is 3.17.